The SMILES string of the molecule is COc1cc(CNc2nn[nH]n2)cc(Br)c1OC(C)C. The Labute approximate surface area is 125 Å². The average Bonchev–Trinajstić information content (AvgIpc) is 2.91. The maximum Gasteiger partial charge on any atom is 0.263 e. The molecule has 0 spiro atoms. The Bertz CT molecular complexity index is 559. The molecule has 0 aliphatic rings. The number of aromatic amines is 1. The van der Waals surface area contributed by atoms with Gasteiger partial charge < -0.3 is 14.8 Å². The minimum atomic E-state index is 0.0727. The Kier molecular flexibility index (Phi) is 4.78. The van der Waals surface area contributed by atoms with Crippen LogP contribution >= 0.6 is 15.9 Å². The van der Waals surface area contributed by atoms with Gasteiger partial charge in [0.15, 0.2) is 11.5 Å². The van der Waals surface area contributed by atoms with Gasteiger partial charge in [0.25, 0.3) is 5.95 Å². The summed E-state index contributed by atoms with van der Waals surface area (Å²) in [5.74, 6) is 1.83. The molecule has 8 heteroatoms. The Morgan fingerprint density at radius 3 is 2.80 bits per heavy atom. The number of rotatable bonds is 6. The summed E-state index contributed by atoms with van der Waals surface area (Å²) in [6.45, 7) is 4.49. The van der Waals surface area contributed by atoms with Crippen molar-refractivity contribution >= 4 is 21.9 Å². The van der Waals surface area contributed by atoms with E-state index in [1.165, 1.54) is 0 Å². The fraction of sp³-hybridized carbons (Fsp3) is 0.417. The average molecular weight is 342 g/mol. The number of nitrogens with one attached hydrogen (secondary N) is 2. The summed E-state index contributed by atoms with van der Waals surface area (Å²) in [5.41, 5.74) is 1.01. The van der Waals surface area contributed by atoms with Crippen LogP contribution in [0.2, 0.25) is 0 Å². The number of benzene rings is 1. The third kappa shape index (κ3) is 3.60. The highest BCUT2D eigenvalue weighted by molar-refractivity contribution is 9.10. The number of methoxy groups -OCH3 is 1. The number of tetrazole rings is 1. The van der Waals surface area contributed by atoms with E-state index in [0.717, 1.165) is 10.0 Å². The van der Waals surface area contributed by atoms with E-state index >= 15 is 0 Å². The van der Waals surface area contributed by atoms with E-state index in [9.17, 15) is 0 Å². The molecule has 1 heterocycles. The van der Waals surface area contributed by atoms with Crippen LogP contribution in [0.1, 0.15) is 19.4 Å². The zero-order valence-electron chi connectivity index (χ0n) is 11.5. The molecule has 0 radical (unpaired) electrons. The summed E-state index contributed by atoms with van der Waals surface area (Å²) in [5, 5.41) is 16.6. The standard InChI is InChI=1S/C12H16BrN5O2/c1-7(2)20-11-9(13)4-8(5-10(11)19-3)6-14-12-15-17-18-16-12/h4-5,7H,6H2,1-3H3,(H2,14,15,16,17,18). The summed E-state index contributed by atoms with van der Waals surface area (Å²) in [6.07, 6.45) is 0.0727. The predicted octanol–water partition coefficient (Wildman–Crippen LogP) is 2.37. The van der Waals surface area contributed by atoms with Crippen LogP contribution in [0.5, 0.6) is 11.5 Å². The molecule has 108 valence electrons. The van der Waals surface area contributed by atoms with Gasteiger partial charge in [-0.3, -0.25) is 0 Å². The second kappa shape index (κ2) is 6.56. The van der Waals surface area contributed by atoms with Crippen molar-refractivity contribution in [2.45, 2.75) is 26.5 Å². The van der Waals surface area contributed by atoms with Crippen molar-refractivity contribution in [1.29, 1.82) is 0 Å². The first-order valence-electron chi connectivity index (χ1n) is 6.10. The first kappa shape index (κ1) is 14.6. The van der Waals surface area contributed by atoms with E-state index in [2.05, 4.69) is 41.9 Å². The fourth-order valence-electron chi connectivity index (χ4n) is 1.64. The highest BCUT2D eigenvalue weighted by Crippen LogP contribution is 2.37. The normalized spacial score (nSPS) is 10.7. The lowest BCUT2D eigenvalue weighted by atomic mass is 10.2. The van der Waals surface area contributed by atoms with Gasteiger partial charge in [0, 0.05) is 6.54 Å². The third-order valence-corrected chi connectivity index (χ3v) is 3.03. The maximum absolute atomic E-state index is 5.74. The van der Waals surface area contributed by atoms with Crippen molar-refractivity contribution in [2.24, 2.45) is 0 Å². The monoisotopic (exact) mass is 341 g/mol. The van der Waals surface area contributed by atoms with E-state index < -0.39 is 0 Å². The Morgan fingerprint density at radius 1 is 1.40 bits per heavy atom. The lowest BCUT2D eigenvalue weighted by molar-refractivity contribution is 0.228. The van der Waals surface area contributed by atoms with Gasteiger partial charge in [-0.2, -0.15) is 5.21 Å². The van der Waals surface area contributed by atoms with E-state index in [1.54, 1.807) is 7.11 Å². The predicted molar refractivity (Wildman–Crippen MR) is 78.0 cm³/mol. The lowest BCUT2D eigenvalue weighted by Crippen LogP contribution is -2.08. The molecular formula is C12H16BrN5O2. The molecule has 2 rings (SSSR count). The number of hydrogen-bond acceptors (Lipinski definition) is 6. The lowest BCUT2D eigenvalue weighted by Gasteiger charge is -2.16. The summed E-state index contributed by atoms with van der Waals surface area (Å²) in [4.78, 5) is 0. The van der Waals surface area contributed by atoms with Crippen LogP contribution in [0, 0.1) is 0 Å². The Hall–Kier alpha value is -1.83. The Balaban J connectivity index is 2.16. The Morgan fingerprint density at radius 2 is 2.20 bits per heavy atom. The number of anilines is 1. The summed E-state index contributed by atoms with van der Waals surface area (Å²) in [7, 11) is 1.62. The first-order chi connectivity index (χ1) is 9.60. The summed E-state index contributed by atoms with van der Waals surface area (Å²) >= 11 is 3.50. The van der Waals surface area contributed by atoms with Crippen LogP contribution in [-0.2, 0) is 6.54 Å². The molecule has 2 aromatic rings. The summed E-state index contributed by atoms with van der Waals surface area (Å²) < 4.78 is 12.0. The van der Waals surface area contributed by atoms with E-state index in [-0.39, 0.29) is 6.10 Å². The van der Waals surface area contributed by atoms with Crippen LogP contribution in [0.3, 0.4) is 0 Å². The molecule has 7 nitrogen and oxygen atoms in total. The zero-order valence-corrected chi connectivity index (χ0v) is 13.1. The van der Waals surface area contributed by atoms with Crippen molar-refractivity contribution in [3.8, 4) is 11.5 Å². The van der Waals surface area contributed by atoms with Gasteiger partial charge in [-0.15, -0.1) is 5.10 Å². The number of hydrogen-bond donors (Lipinski definition) is 2. The quantitative estimate of drug-likeness (QED) is 0.838. The molecule has 0 fully saturated rings. The van der Waals surface area contributed by atoms with Gasteiger partial charge >= 0.3 is 0 Å². The summed E-state index contributed by atoms with van der Waals surface area (Å²) in [6, 6.07) is 3.88. The molecular weight excluding hydrogens is 326 g/mol. The number of ether oxygens (including phenoxy) is 2. The smallest absolute Gasteiger partial charge is 0.263 e. The van der Waals surface area contributed by atoms with Crippen molar-refractivity contribution in [3.05, 3.63) is 22.2 Å². The van der Waals surface area contributed by atoms with Crippen LogP contribution in [-0.4, -0.2) is 33.8 Å². The number of halogens is 1. The first-order valence-corrected chi connectivity index (χ1v) is 6.90. The van der Waals surface area contributed by atoms with Crippen molar-refractivity contribution in [2.75, 3.05) is 12.4 Å². The van der Waals surface area contributed by atoms with Gasteiger partial charge in [0.2, 0.25) is 0 Å². The number of H-pyrrole nitrogens is 1. The highest BCUT2D eigenvalue weighted by atomic mass is 79.9. The topological polar surface area (TPSA) is 85.0 Å². The minimum Gasteiger partial charge on any atom is -0.493 e. The van der Waals surface area contributed by atoms with Gasteiger partial charge in [-0.1, -0.05) is 5.10 Å². The molecule has 0 aliphatic heterocycles. The van der Waals surface area contributed by atoms with E-state index in [1.807, 2.05) is 26.0 Å². The molecule has 0 atom stereocenters. The second-order valence-corrected chi connectivity index (χ2v) is 5.22. The van der Waals surface area contributed by atoms with Crippen LogP contribution in [0.25, 0.3) is 0 Å². The maximum atomic E-state index is 5.74. The van der Waals surface area contributed by atoms with E-state index in [4.69, 9.17) is 9.47 Å². The minimum absolute atomic E-state index is 0.0727. The zero-order chi connectivity index (χ0) is 14.5. The molecule has 1 aromatic carbocycles. The van der Waals surface area contributed by atoms with Gasteiger partial charge in [-0.25, -0.2) is 0 Å². The number of nitrogens with zero attached hydrogens (tertiary/aromatic N) is 3. The molecule has 0 unspecified atom stereocenters. The van der Waals surface area contributed by atoms with Gasteiger partial charge in [0.05, 0.1) is 17.7 Å². The molecule has 0 amide bonds. The van der Waals surface area contributed by atoms with Crippen molar-refractivity contribution in [3.63, 3.8) is 0 Å². The number of aromatic nitrogens is 4. The van der Waals surface area contributed by atoms with Gasteiger partial charge in [0.1, 0.15) is 0 Å². The second-order valence-electron chi connectivity index (χ2n) is 4.36. The van der Waals surface area contributed by atoms with Crippen molar-refractivity contribution < 1.29 is 9.47 Å². The molecule has 2 N–H and O–H groups in total. The molecule has 0 saturated heterocycles. The van der Waals surface area contributed by atoms with Crippen LogP contribution in [0.15, 0.2) is 16.6 Å². The van der Waals surface area contributed by atoms with Crippen LogP contribution in [0.4, 0.5) is 5.95 Å². The molecule has 0 bridgehead atoms. The molecule has 20 heavy (non-hydrogen) atoms. The molecule has 0 aliphatic carbocycles. The van der Waals surface area contributed by atoms with Gasteiger partial charge in [-0.05, 0) is 52.7 Å². The largest absolute Gasteiger partial charge is 0.493 e. The molecule has 0 saturated carbocycles. The van der Waals surface area contributed by atoms with Crippen molar-refractivity contribution in [1.82, 2.24) is 20.6 Å². The fourth-order valence-corrected chi connectivity index (χ4v) is 2.23. The molecule has 1 aromatic heterocycles. The highest BCUT2D eigenvalue weighted by Gasteiger charge is 2.13. The third-order valence-electron chi connectivity index (χ3n) is 2.44. The van der Waals surface area contributed by atoms with Crippen LogP contribution < -0.4 is 14.8 Å². The van der Waals surface area contributed by atoms with E-state index in [0.29, 0.717) is 24.0 Å².